The van der Waals surface area contributed by atoms with Crippen molar-refractivity contribution in [2.24, 2.45) is 0 Å². The zero-order valence-electron chi connectivity index (χ0n) is 10.3. The van der Waals surface area contributed by atoms with Crippen LogP contribution in [0, 0.1) is 0 Å². The van der Waals surface area contributed by atoms with E-state index >= 15 is 0 Å². The number of rotatable bonds is 3. The van der Waals surface area contributed by atoms with Gasteiger partial charge in [-0.2, -0.15) is 0 Å². The van der Waals surface area contributed by atoms with E-state index in [9.17, 15) is 0 Å². The highest BCUT2D eigenvalue weighted by molar-refractivity contribution is 5.52. The average molecular weight is 215 g/mol. The molecule has 0 saturated heterocycles. The summed E-state index contributed by atoms with van der Waals surface area (Å²) in [6.45, 7) is 4.53. The molecule has 2 rings (SSSR count). The average Bonchev–Trinajstić information content (AvgIpc) is 2.31. The van der Waals surface area contributed by atoms with Crippen molar-refractivity contribution in [1.29, 1.82) is 0 Å². The highest BCUT2D eigenvalue weighted by Crippen LogP contribution is 2.28. The highest BCUT2D eigenvalue weighted by Gasteiger charge is 2.16. The Morgan fingerprint density at radius 2 is 1.81 bits per heavy atom. The normalized spacial score (nSPS) is 16.1. The van der Waals surface area contributed by atoms with E-state index in [4.69, 9.17) is 0 Å². The fourth-order valence-corrected chi connectivity index (χ4v) is 2.42. The maximum atomic E-state index is 2.47. The molecule has 0 N–H and O–H groups in total. The van der Waals surface area contributed by atoms with Crippen molar-refractivity contribution in [2.75, 3.05) is 4.90 Å². The van der Waals surface area contributed by atoms with Gasteiger partial charge < -0.3 is 4.90 Å². The summed E-state index contributed by atoms with van der Waals surface area (Å²) in [5, 5.41) is 0. The molecule has 86 valence electrons. The van der Waals surface area contributed by atoms with Crippen LogP contribution in [0.2, 0.25) is 0 Å². The summed E-state index contributed by atoms with van der Waals surface area (Å²) in [6.07, 6.45) is 7.57. The minimum Gasteiger partial charge on any atom is -0.343 e. The Morgan fingerprint density at radius 1 is 1.06 bits per heavy atom. The fourth-order valence-electron chi connectivity index (χ4n) is 2.42. The van der Waals surface area contributed by atoms with E-state index in [-0.39, 0.29) is 0 Å². The molecule has 0 saturated carbocycles. The van der Waals surface area contributed by atoms with Crippen molar-refractivity contribution in [2.45, 2.75) is 45.6 Å². The predicted molar refractivity (Wildman–Crippen MR) is 70.6 cm³/mol. The molecule has 0 unspecified atom stereocenters. The van der Waals surface area contributed by atoms with Crippen molar-refractivity contribution in [1.82, 2.24) is 0 Å². The third-order valence-electron chi connectivity index (χ3n) is 3.13. The van der Waals surface area contributed by atoms with Gasteiger partial charge in [0, 0.05) is 17.4 Å². The second-order valence-electron chi connectivity index (χ2n) is 4.74. The Bertz CT molecular complexity index is 351. The predicted octanol–water partition coefficient (Wildman–Crippen LogP) is 4.36. The van der Waals surface area contributed by atoms with Gasteiger partial charge in [0.2, 0.25) is 0 Å². The van der Waals surface area contributed by atoms with Gasteiger partial charge in [-0.1, -0.05) is 24.3 Å². The number of para-hydroxylation sites is 1. The Kier molecular flexibility index (Phi) is 3.66. The summed E-state index contributed by atoms with van der Waals surface area (Å²) in [5.41, 5.74) is 2.83. The molecule has 0 aliphatic heterocycles. The van der Waals surface area contributed by atoms with Crippen LogP contribution in [0.1, 0.15) is 39.5 Å². The Labute approximate surface area is 98.8 Å². The summed E-state index contributed by atoms with van der Waals surface area (Å²) in [6, 6.07) is 11.3. The number of hydrogen-bond acceptors (Lipinski definition) is 1. The van der Waals surface area contributed by atoms with Gasteiger partial charge in [0.15, 0.2) is 0 Å². The van der Waals surface area contributed by atoms with Crippen LogP contribution in [0.5, 0.6) is 0 Å². The Hall–Kier alpha value is -1.24. The molecule has 0 radical (unpaired) electrons. The first-order valence-corrected chi connectivity index (χ1v) is 6.32. The molecular formula is C15H21N. The van der Waals surface area contributed by atoms with Gasteiger partial charge in [0.25, 0.3) is 0 Å². The molecule has 1 aliphatic carbocycles. The van der Waals surface area contributed by atoms with Crippen LogP contribution in [-0.2, 0) is 0 Å². The van der Waals surface area contributed by atoms with Gasteiger partial charge in [-0.15, -0.1) is 0 Å². The Balaban J connectivity index is 2.27. The van der Waals surface area contributed by atoms with E-state index in [1.54, 1.807) is 0 Å². The van der Waals surface area contributed by atoms with Crippen LogP contribution in [0.25, 0.3) is 0 Å². The number of nitrogens with zero attached hydrogens (tertiary/aromatic N) is 1. The molecule has 1 aromatic rings. The molecule has 0 aromatic heterocycles. The van der Waals surface area contributed by atoms with Gasteiger partial charge in [0.1, 0.15) is 0 Å². The molecule has 0 fully saturated rings. The summed E-state index contributed by atoms with van der Waals surface area (Å²) in [4.78, 5) is 2.47. The first kappa shape index (κ1) is 11.3. The van der Waals surface area contributed by atoms with E-state index in [0.29, 0.717) is 6.04 Å². The van der Waals surface area contributed by atoms with Gasteiger partial charge in [-0.3, -0.25) is 0 Å². The molecule has 1 aliphatic rings. The van der Waals surface area contributed by atoms with Crippen LogP contribution in [0.4, 0.5) is 5.69 Å². The van der Waals surface area contributed by atoms with Crippen molar-refractivity contribution in [3.63, 3.8) is 0 Å². The van der Waals surface area contributed by atoms with E-state index in [1.807, 2.05) is 0 Å². The molecule has 1 aromatic carbocycles. The minimum atomic E-state index is 0.534. The SMILES string of the molecule is CC(C)N(C1=CCCCC1)c1ccccc1. The fraction of sp³-hybridized carbons (Fsp3) is 0.467. The smallest absolute Gasteiger partial charge is 0.0410 e. The number of allylic oxidation sites excluding steroid dienone is 2. The quantitative estimate of drug-likeness (QED) is 0.724. The molecule has 0 amide bonds. The van der Waals surface area contributed by atoms with Crippen LogP contribution in [0.15, 0.2) is 42.1 Å². The molecule has 0 heterocycles. The summed E-state index contributed by atoms with van der Waals surface area (Å²) in [5.74, 6) is 0. The maximum absolute atomic E-state index is 2.47. The lowest BCUT2D eigenvalue weighted by Gasteiger charge is -2.33. The van der Waals surface area contributed by atoms with Crippen LogP contribution in [-0.4, -0.2) is 6.04 Å². The zero-order chi connectivity index (χ0) is 11.4. The Morgan fingerprint density at radius 3 is 2.38 bits per heavy atom. The van der Waals surface area contributed by atoms with Crippen LogP contribution >= 0.6 is 0 Å². The van der Waals surface area contributed by atoms with Gasteiger partial charge in [-0.25, -0.2) is 0 Å². The topological polar surface area (TPSA) is 3.24 Å². The van der Waals surface area contributed by atoms with Gasteiger partial charge in [0.05, 0.1) is 0 Å². The molecule has 0 spiro atoms. The molecule has 16 heavy (non-hydrogen) atoms. The van der Waals surface area contributed by atoms with Gasteiger partial charge >= 0.3 is 0 Å². The lowest BCUT2D eigenvalue weighted by molar-refractivity contribution is 0.642. The van der Waals surface area contributed by atoms with E-state index < -0.39 is 0 Å². The van der Waals surface area contributed by atoms with Gasteiger partial charge in [-0.05, 0) is 51.7 Å². The monoisotopic (exact) mass is 215 g/mol. The second-order valence-corrected chi connectivity index (χ2v) is 4.74. The zero-order valence-corrected chi connectivity index (χ0v) is 10.3. The first-order valence-electron chi connectivity index (χ1n) is 6.32. The molecule has 1 heteroatoms. The lowest BCUT2D eigenvalue weighted by atomic mass is 10.0. The second kappa shape index (κ2) is 5.20. The third-order valence-corrected chi connectivity index (χ3v) is 3.13. The number of anilines is 1. The van der Waals surface area contributed by atoms with E-state index in [0.717, 1.165) is 0 Å². The third kappa shape index (κ3) is 2.46. The minimum absolute atomic E-state index is 0.534. The van der Waals surface area contributed by atoms with Crippen LogP contribution < -0.4 is 4.90 Å². The van der Waals surface area contributed by atoms with E-state index in [2.05, 4.69) is 55.2 Å². The van der Waals surface area contributed by atoms with Crippen molar-refractivity contribution >= 4 is 5.69 Å². The number of benzene rings is 1. The summed E-state index contributed by atoms with van der Waals surface area (Å²) in [7, 11) is 0. The molecular weight excluding hydrogens is 194 g/mol. The highest BCUT2D eigenvalue weighted by atomic mass is 15.2. The summed E-state index contributed by atoms with van der Waals surface area (Å²) >= 11 is 0. The number of hydrogen-bond donors (Lipinski definition) is 0. The van der Waals surface area contributed by atoms with Crippen molar-refractivity contribution < 1.29 is 0 Å². The first-order chi connectivity index (χ1) is 7.79. The van der Waals surface area contributed by atoms with Crippen LogP contribution in [0.3, 0.4) is 0 Å². The molecule has 0 bridgehead atoms. The molecule has 0 atom stereocenters. The maximum Gasteiger partial charge on any atom is 0.0410 e. The lowest BCUT2D eigenvalue weighted by Crippen LogP contribution is -2.30. The van der Waals surface area contributed by atoms with Crippen molar-refractivity contribution in [3.8, 4) is 0 Å². The van der Waals surface area contributed by atoms with E-state index in [1.165, 1.54) is 37.1 Å². The molecule has 1 nitrogen and oxygen atoms in total. The largest absolute Gasteiger partial charge is 0.343 e. The summed E-state index contributed by atoms with van der Waals surface area (Å²) < 4.78 is 0. The van der Waals surface area contributed by atoms with Crippen molar-refractivity contribution in [3.05, 3.63) is 42.1 Å². The standard InChI is InChI=1S/C15H21N/c1-13(2)16(14-9-5-3-6-10-14)15-11-7-4-8-12-15/h3,5-6,9-11,13H,4,7-8,12H2,1-2H3.